The molecule has 1 saturated heterocycles. The predicted octanol–water partition coefficient (Wildman–Crippen LogP) is 6.08. The van der Waals surface area contributed by atoms with Gasteiger partial charge < -0.3 is 14.6 Å². The van der Waals surface area contributed by atoms with E-state index in [1.807, 2.05) is 53.9 Å². The van der Waals surface area contributed by atoms with Gasteiger partial charge in [0, 0.05) is 17.0 Å². The average Bonchev–Trinajstić information content (AvgIpc) is 3.63. The lowest BCUT2D eigenvalue weighted by atomic mass is 9.96. The van der Waals surface area contributed by atoms with Gasteiger partial charge in [0.25, 0.3) is 5.78 Å². The third kappa shape index (κ3) is 4.75. The number of Topliss-reactive ketones (excluding diaryl/α,β-unsaturated/α-hetero) is 1. The minimum atomic E-state index is -1.07. The van der Waals surface area contributed by atoms with Crippen molar-refractivity contribution in [3.8, 4) is 5.75 Å². The summed E-state index contributed by atoms with van der Waals surface area (Å²) in [5.74, 6) is -1.67. The van der Waals surface area contributed by atoms with Gasteiger partial charge in [-0.1, -0.05) is 71.1 Å². The molecule has 1 aliphatic rings. The number of benzene rings is 2. The van der Waals surface area contributed by atoms with Crippen LogP contribution in [-0.4, -0.2) is 41.5 Å². The van der Waals surface area contributed by atoms with Crippen LogP contribution in [0.25, 0.3) is 11.4 Å². The Balaban J connectivity index is 1.44. The summed E-state index contributed by atoms with van der Waals surface area (Å²) in [4.78, 5) is 32.9. The number of aromatic hydroxyl groups is 1. The van der Waals surface area contributed by atoms with Gasteiger partial charge in [0.05, 0.1) is 17.3 Å². The molecular formula is C29H22ClN5O4S2. The van der Waals surface area contributed by atoms with E-state index in [1.165, 1.54) is 28.8 Å². The Bertz CT molecular complexity index is 1880. The van der Waals surface area contributed by atoms with Crippen molar-refractivity contribution in [2.45, 2.75) is 30.0 Å². The molecule has 2 N–H and O–H groups in total. The van der Waals surface area contributed by atoms with E-state index in [2.05, 4.69) is 15.2 Å². The first-order chi connectivity index (χ1) is 19.7. The molecule has 1 atom stereocenters. The molecule has 2 aromatic carbocycles. The number of anilines is 1. The molecule has 0 aliphatic carbocycles. The van der Waals surface area contributed by atoms with Gasteiger partial charge in [-0.15, -0.1) is 10.2 Å². The largest absolute Gasteiger partial charge is 0.508 e. The Morgan fingerprint density at radius 3 is 2.63 bits per heavy atom. The van der Waals surface area contributed by atoms with Crippen LogP contribution in [0.2, 0.25) is 5.02 Å². The minimum Gasteiger partial charge on any atom is -0.508 e. The molecule has 0 saturated carbocycles. The minimum absolute atomic E-state index is 0.0547. The highest BCUT2D eigenvalue weighted by Gasteiger charge is 2.49. The molecule has 0 radical (unpaired) electrons. The molecular weight excluding hydrogens is 582 g/mol. The van der Waals surface area contributed by atoms with Crippen LogP contribution in [0.5, 0.6) is 5.75 Å². The topological polar surface area (TPSA) is 121 Å². The number of aromatic nitrogens is 4. The van der Waals surface area contributed by atoms with E-state index in [-0.39, 0.29) is 22.1 Å². The average molecular weight is 604 g/mol. The number of halogens is 1. The second kappa shape index (κ2) is 10.7. The molecule has 6 rings (SSSR count). The van der Waals surface area contributed by atoms with E-state index >= 15 is 0 Å². The van der Waals surface area contributed by atoms with Crippen molar-refractivity contribution in [2.24, 2.45) is 0 Å². The number of nitrogens with zero attached hydrogens (tertiary/aromatic N) is 5. The van der Waals surface area contributed by atoms with E-state index in [0.29, 0.717) is 32.0 Å². The highest BCUT2D eigenvalue weighted by Crippen LogP contribution is 2.45. The third-order valence-electron chi connectivity index (χ3n) is 6.85. The fraction of sp³-hybridized carbons (Fsp3) is 0.138. The van der Waals surface area contributed by atoms with Gasteiger partial charge in [0.15, 0.2) is 10.1 Å². The first-order valence-corrected chi connectivity index (χ1v) is 14.7. The number of rotatable bonds is 6. The summed E-state index contributed by atoms with van der Waals surface area (Å²) in [7, 11) is 0. The zero-order valence-electron chi connectivity index (χ0n) is 21.8. The van der Waals surface area contributed by atoms with E-state index in [4.69, 9.17) is 11.6 Å². The van der Waals surface area contributed by atoms with Crippen LogP contribution in [0.4, 0.5) is 5.13 Å². The quantitative estimate of drug-likeness (QED) is 0.0787. The lowest BCUT2D eigenvalue weighted by Gasteiger charge is -2.22. The molecule has 206 valence electrons. The molecule has 41 heavy (non-hydrogen) atoms. The first-order valence-electron chi connectivity index (χ1n) is 12.5. The molecule has 0 spiro atoms. The number of aryl methyl sites for hydroxylation is 2. The van der Waals surface area contributed by atoms with E-state index in [1.54, 1.807) is 19.1 Å². The van der Waals surface area contributed by atoms with Crippen LogP contribution in [0, 0.1) is 13.8 Å². The second-order valence-electron chi connectivity index (χ2n) is 9.43. The summed E-state index contributed by atoms with van der Waals surface area (Å²) in [6.07, 6.45) is 1.82. The molecule has 1 amide bonds. The first kappa shape index (κ1) is 27.0. The van der Waals surface area contributed by atoms with Crippen LogP contribution >= 0.6 is 34.7 Å². The summed E-state index contributed by atoms with van der Waals surface area (Å²) in [5, 5.41) is 31.1. The summed E-state index contributed by atoms with van der Waals surface area (Å²) < 4.78 is 2.39. The summed E-state index contributed by atoms with van der Waals surface area (Å²) in [6.45, 7) is 3.68. The predicted molar refractivity (Wildman–Crippen MR) is 158 cm³/mol. The Morgan fingerprint density at radius 1 is 1.07 bits per heavy atom. The van der Waals surface area contributed by atoms with Crippen LogP contribution < -0.4 is 4.90 Å². The number of amides is 1. The normalized spacial score (nSPS) is 16.7. The molecule has 5 aromatic rings. The van der Waals surface area contributed by atoms with Crippen molar-refractivity contribution >= 4 is 62.9 Å². The van der Waals surface area contributed by atoms with Crippen molar-refractivity contribution in [1.82, 2.24) is 19.6 Å². The standard InChI is InChI=1S/C29H22ClN5O4S2/c1-15-7-6-12-34-16(2)22(31-26(15)34)24(37)21-23(17-9-5-10-19(36)13-17)35(27(39)25(21)38)28-32-33-29(41-28)40-14-18-8-3-4-11-20(18)30/h3-13,23,36-37H,14H2,1-2H3/b24-21+. The highest BCUT2D eigenvalue weighted by atomic mass is 35.5. The molecule has 1 fully saturated rings. The molecule has 9 nitrogen and oxygen atoms in total. The summed E-state index contributed by atoms with van der Waals surface area (Å²) >= 11 is 8.83. The Kier molecular flexibility index (Phi) is 7.02. The van der Waals surface area contributed by atoms with Gasteiger partial charge in [-0.05, 0) is 54.8 Å². The number of ketones is 1. The third-order valence-corrected chi connectivity index (χ3v) is 9.32. The maximum Gasteiger partial charge on any atom is 0.301 e. The van der Waals surface area contributed by atoms with E-state index in [0.717, 1.165) is 22.5 Å². The van der Waals surface area contributed by atoms with Gasteiger partial charge >= 0.3 is 5.91 Å². The highest BCUT2D eigenvalue weighted by molar-refractivity contribution is 8.00. The Hall–Kier alpha value is -4.19. The number of phenols is 1. The number of phenolic OH excluding ortho intramolecular Hbond substituents is 1. The number of imidazole rings is 1. The van der Waals surface area contributed by atoms with Crippen molar-refractivity contribution in [2.75, 3.05) is 4.90 Å². The Labute approximate surface area is 247 Å². The van der Waals surface area contributed by atoms with Gasteiger partial charge in [0.1, 0.15) is 17.1 Å². The van der Waals surface area contributed by atoms with E-state index < -0.39 is 23.5 Å². The van der Waals surface area contributed by atoms with Crippen molar-refractivity contribution in [1.29, 1.82) is 0 Å². The number of aliphatic hydroxyl groups excluding tert-OH is 1. The number of pyridine rings is 1. The lowest BCUT2D eigenvalue weighted by Crippen LogP contribution is -2.29. The molecule has 3 aromatic heterocycles. The zero-order chi connectivity index (χ0) is 28.8. The molecule has 12 heteroatoms. The van der Waals surface area contributed by atoms with Gasteiger partial charge in [-0.2, -0.15) is 0 Å². The van der Waals surface area contributed by atoms with Crippen LogP contribution in [-0.2, 0) is 15.3 Å². The molecule has 4 heterocycles. The zero-order valence-corrected chi connectivity index (χ0v) is 24.2. The van der Waals surface area contributed by atoms with Crippen LogP contribution in [0.1, 0.15) is 34.1 Å². The lowest BCUT2D eigenvalue weighted by molar-refractivity contribution is -0.132. The van der Waals surface area contributed by atoms with Crippen LogP contribution in [0.3, 0.4) is 0 Å². The van der Waals surface area contributed by atoms with Gasteiger partial charge in [-0.3, -0.25) is 14.5 Å². The molecule has 0 bridgehead atoms. The fourth-order valence-corrected chi connectivity index (χ4v) is 6.98. The van der Waals surface area contributed by atoms with Crippen LogP contribution in [0.15, 0.2) is 76.8 Å². The van der Waals surface area contributed by atoms with Crippen molar-refractivity contribution < 1.29 is 19.8 Å². The maximum absolute atomic E-state index is 13.6. The maximum atomic E-state index is 13.6. The SMILES string of the molecule is Cc1cccn2c(C)c(/C(O)=C3\C(=O)C(=O)N(c4nnc(SCc5ccccc5Cl)s4)C3c3cccc(O)c3)nc12. The number of aliphatic hydroxyl groups is 1. The number of carbonyl (C=O) groups excluding carboxylic acids is 2. The number of hydrogen-bond acceptors (Lipinski definition) is 9. The van der Waals surface area contributed by atoms with Gasteiger partial charge in [0.2, 0.25) is 5.13 Å². The van der Waals surface area contributed by atoms with Crippen molar-refractivity contribution in [3.05, 3.63) is 106 Å². The molecule has 1 unspecified atom stereocenters. The van der Waals surface area contributed by atoms with E-state index in [9.17, 15) is 19.8 Å². The number of hydrogen-bond donors (Lipinski definition) is 2. The number of carbonyl (C=O) groups is 2. The van der Waals surface area contributed by atoms with Crippen molar-refractivity contribution in [3.63, 3.8) is 0 Å². The summed E-state index contributed by atoms with van der Waals surface area (Å²) in [6, 6.07) is 16.4. The molecule has 1 aliphatic heterocycles. The smallest absolute Gasteiger partial charge is 0.301 e. The number of thioether (sulfide) groups is 1. The second-order valence-corrected chi connectivity index (χ2v) is 12.0. The monoisotopic (exact) mass is 603 g/mol. The summed E-state index contributed by atoms with van der Waals surface area (Å²) in [5.41, 5.74) is 3.50. The van der Waals surface area contributed by atoms with Gasteiger partial charge in [-0.25, -0.2) is 4.98 Å². The fourth-order valence-electron chi connectivity index (χ4n) is 4.83. The Morgan fingerprint density at radius 2 is 1.88 bits per heavy atom. The number of fused-ring (bicyclic) bond motifs is 1.